The molecule has 8 heteroatoms. The lowest BCUT2D eigenvalue weighted by Crippen LogP contribution is -2.22. The molecule has 158 valence electrons. The molecule has 0 aliphatic rings. The summed E-state index contributed by atoms with van der Waals surface area (Å²) in [4.78, 5) is 37.2. The summed E-state index contributed by atoms with van der Waals surface area (Å²) >= 11 is 0. The predicted molar refractivity (Wildman–Crippen MR) is 115 cm³/mol. The molecule has 1 amide bonds. The molecule has 0 radical (unpaired) electrons. The van der Waals surface area contributed by atoms with Crippen LogP contribution in [0, 0.1) is 0 Å². The zero-order valence-corrected chi connectivity index (χ0v) is 17.4. The minimum absolute atomic E-state index is 0.00961. The Balaban J connectivity index is 1.67. The SMILES string of the molecule is CS(=O)(=O)c1cccc(C(=O)OCC(=O)Nc2ccccc2C(=O)c2ccccc2)c1. The van der Waals surface area contributed by atoms with Gasteiger partial charge in [0.2, 0.25) is 0 Å². The fraction of sp³-hybridized carbons (Fsp3) is 0.0870. The molecule has 0 aliphatic carbocycles. The monoisotopic (exact) mass is 437 g/mol. The number of esters is 1. The second-order valence-electron chi connectivity index (χ2n) is 6.67. The maximum Gasteiger partial charge on any atom is 0.338 e. The van der Waals surface area contributed by atoms with Gasteiger partial charge in [-0.05, 0) is 30.3 Å². The number of anilines is 1. The van der Waals surface area contributed by atoms with Crippen molar-refractivity contribution >= 4 is 33.2 Å². The molecule has 3 aromatic rings. The smallest absolute Gasteiger partial charge is 0.338 e. The van der Waals surface area contributed by atoms with Crippen LogP contribution >= 0.6 is 0 Å². The molecule has 0 aromatic heterocycles. The van der Waals surface area contributed by atoms with Crippen molar-refractivity contribution in [3.8, 4) is 0 Å². The van der Waals surface area contributed by atoms with E-state index in [0.717, 1.165) is 6.26 Å². The van der Waals surface area contributed by atoms with Crippen LogP contribution in [0.4, 0.5) is 5.69 Å². The van der Waals surface area contributed by atoms with E-state index in [9.17, 15) is 22.8 Å². The van der Waals surface area contributed by atoms with E-state index in [1.807, 2.05) is 0 Å². The van der Waals surface area contributed by atoms with E-state index in [4.69, 9.17) is 4.74 Å². The van der Waals surface area contributed by atoms with E-state index in [1.54, 1.807) is 54.6 Å². The number of ether oxygens (including phenoxy) is 1. The maximum atomic E-state index is 12.7. The van der Waals surface area contributed by atoms with Crippen LogP contribution in [0.1, 0.15) is 26.3 Å². The van der Waals surface area contributed by atoms with Crippen LogP contribution in [-0.2, 0) is 19.4 Å². The Morgan fingerprint density at radius 1 is 0.839 bits per heavy atom. The number of benzene rings is 3. The standard InChI is InChI=1S/C23H19NO6S/c1-31(28,29)18-11-7-10-17(14-18)23(27)30-15-21(25)24-20-13-6-5-12-19(20)22(26)16-8-3-2-4-9-16/h2-14H,15H2,1H3,(H,24,25). The molecule has 0 spiro atoms. The Hall–Kier alpha value is -3.78. The first-order chi connectivity index (χ1) is 14.8. The van der Waals surface area contributed by atoms with Crippen LogP contribution in [0.3, 0.4) is 0 Å². The van der Waals surface area contributed by atoms with Gasteiger partial charge >= 0.3 is 5.97 Å². The third-order valence-corrected chi connectivity index (χ3v) is 5.42. The third kappa shape index (κ3) is 5.64. The average molecular weight is 437 g/mol. The molecule has 0 saturated heterocycles. The summed E-state index contributed by atoms with van der Waals surface area (Å²) in [6.07, 6.45) is 1.03. The normalized spacial score (nSPS) is 10.9. The van der Waals surface area contributed by atoms with E-state index >= 15 is 0 Å². The fourth-order valence-corrected chi connectivity index (χ4v) is 3.46. The Labute approximate surface area is 179 Å². The molecular formula is C23H19NO6S. The fourth-order valence-electron chi connectivity index (χ4n) is 2.79. The first-order valence-corrected chi connectivity index (χ1v) is 11.1. The molecule has 0 fully saturated rings. The summed E-state index contributed by atoms with van der Waals surface area (Å²) < 4.78 is 28.2. The second kappa shape index (κ2) is 9.36. The minimum Gasteiger partial charge on any atom is -0.452 e. The van der Waals surface area contributed by atoms with Crippen molar-refractivity contribution in [2.75, 3.05) is 18.2 Å². The Bertz CT molecular complexity index is 1240. The second-order valence-corrected chi connectivity index (χ2v) is 8.68. The van der Waals surface area contributed by atoms with E-state index in [-0.39, 0.29) is 21.9 Å². The van der Waals surface area contributed by atoms with Gasteiger partial charge in [-0.15, -0.1) is 0 Å². The number of carbonyl (C=O) groups is 3. The largest absolute Gasteiger partial charge is 0.452 e. The number of hydrogen-bond donors (Lipinski definition) is 1. The minimum atomic E-state index is -3.49. The van der Waals surface area contributed by atoms with Crippen molar-refractivity contribution in [3.63, 3.8) is 0 Å². The van der Waals surface area contributed by atoms with Gasteiger partial charge in [-0.2, -0.15) is 0 Å². The number of sulfone groups is 1. The molecule has 0 bridgehead atoms. The topological polar surface area (TPSA) is 107 Å². The summed E-state index contributed by atoms with van der Waals surface area (Å²) in [6, 6.07) is 20.5. The Kier molecular flexibility index (Phi) is 6.61. The van der Waals surface area contributed by atoms with Crippen LogP contribution in [0.25, 0.3) is 0 Å². The van der Waals surface area contributed by atoms with Crippen LogP contribution in [-0.4, -0.2) is 38.9 Å². The number of nitrogens with one attached hydrogen (secondary N) is 1. The lowest BCUT2D eigenvalue weighted by molar-refractivity contribution is -0.119. The zero-order chi connectivity index (χ0) is 22.4. The molecular weight excluding hydrogens is 418 g/mol. The van der Waals surface area contributed by atoms with Crippen molar-refractivity contribution in [2.45, 2.75) is 4.90 Å². The molecule has 0 unspecified atom stereocenters. The first kappa shape index (κ1) is 21.9. The molecule has 1 N–H and O–H groups in total. The highest BCUT2D eigenvalue weighted by Crippen LogP contribution is 2.19. The van der Waals surface area contributed by atoms with Gasteiger partial charge in [0.1, 0.15) is 0 Å². The molecule has 0 heterocycles. The van der Waals surface area contributed by atoms with Gasteiger partial charge in [0.05, 0.1) is 16.1 Å². The highest BCUT2D eigenvalue weighted by Gasteiger charge is 2.17. The first-order valence-electron chi connectivity index (χ1n) is 9.21. The predicted octanol–water partition coefficient (Wildman–Crippen LogP) is 3.12. The lowest BCUT2D eigenvalue weighted by Gasteiger charge is -2.11. The van der Waals surface area contributed by atoms with E-state index in [1.165, 1.54) is 24.3 Å². The Morgan fingerprint density at radius 3 is 2.19 bits per heavy atom. The summed E-state index contributed by atoms with van der Waals surface area (Å²) in [7, 11) is -3.49. The van der Waals surface area contributed by atoms with Gasteiger partial charge < -0.3 is 10.1 Å². The van der Waals surface area contributed by atoms with E-state index < -0.39 is 28.3 Å². The Morgan fingerprint density at radius 2 is 1.48 bits per heavy atom. The molecule has 3 aromatic carbocycles. The molecule has 0 atom stereocenters. The summed E-state index contributed by atoms with van der Waals surface area (Å²) in [5.74, 6) is -1.73. The van der Waals surface area contributed by atoms with Crippen molar-refractivity contribution in [1.82, 2.24) is 0 Å². The van der Waals surface area contributed by atoms with Gasteiger partial charge in [-0.1, -0.05) is 48.5 Å². The molecule has 3 rings (SSSR count). The van der Waals surface area contributed by atoms with Gasteiger partial charge in [-0.25, -0.2) is 13.2 Å². The van der Waals surface area contributed by atoms with E-state index in [2.05, 4.69) is 5.32 Å². The molecule has 0 aliphatic heterocycles. The molecule has 7 nitrogen and oxygen atoms in total. The van der Waals surface area contributed by atoms with Crippen LogP contribution in [0.5, 0.6) is 0 Å². The van der Waals surface area contributed by atoms with Crippen LogP contribution < -0.4 is 5.32 Å². The van der Waals surface area contributed by atoms with Crippen molar-refractivity contribution in [1.29, 1.82) is 0 Å². The lowest BCUT2D eigenvalue weighted by atomic mass is 10.0. The highest BCUT2D eigenvalue weighted by atomic mass is 32.2. The number of carbonyl (C=O) groups excluding carboxylic acids is 3. The van der Waals surface area contributed by atoms with E-state index in [0.29, 0.717) is 11.1 Å². The number of hydrogen-bond acceptors (Lipinski definition) is 6. The van der Waals surface area contributed by atoms with Gasteiger partial charge in [0.25, 0.3) is 5.91 Å². The zero-order valence-electron chi connectivity index (χ0n) is 16.6. The number of para-hydroxylation sites is 1. The van der Waals surface area contributed by atoms with Crippen molar-refractivity contribution < 1.29 is 27.5 Å². The average Bonchev–Trinajstić information content (AvgIpc) is 2.77. The van der Waals surface area contributed by atoms with Gasteiger partial charge in [-0.3, -0.25) is 9.59 Å². The summed E-state index contributed by atoms with van der Waals surface area (Å²) in [5.41, 5.74) is 1.07. The number of amides is 1. The number of ketones is 1. The summed E-state index contributed by atoms with van der Waals surface area (Å²) in [5, 5.41) is 2.57. The van der Waals surface area contributed by atoms with Crippen LogP contribution in [0.2, 0.25) is 0 Å². The quantitative estimate of drug-likeness (QED) is 0.450. The molecule has 0 saturated carbocycles. The maximum absolute atomic E-state index is 12.7. The molecule has 31 heavy (non-hydrogen) atoms. The number of rotatable bonds is 7. The van der Waals surface area contributed by atoms with Crippen LogP contribution in [0.15, 0.2) is 83.8 Å². The van der Waals surface area contributed by atoms with Crippen molar-refractivity contribution in [2.24, 2.45) is 0 Å². The van der Waals surface area contributed by atoms with Gasteiger partial charge in [0.15, 0.2) is 22.2 Å². The van der Waals surface area contributed by atoms with Crippen molar-refractivity contribution in [3.05, 3.63) is 95.6 Å². The van der Waals surface area contributed by atoms with Gasteiger partial charge in [0, 0.05) is 17.4 Å². The summed E-state index contributed by atoms with van der Waals surface area (Å²) in [6.45, 7) is -0.601. The third-order valence-electron chi connectivity index (χ3n) is 4.31. The highest BCUT2D eigenvalue weighted by molar-refractivity contribution is 7.90.